The zero-order chi connectivity index (χ0) is 15.9. The Hall–Kier alpha value is -1.18. The molecular formula is C14H26N4O2S. The highest BCUT2D eigenvalue weighted by molar-refractivity contribution is 7.89. The number of anilines is 1. The summed E-state index contributed by atoms with van der Waals surface area (Å²) < 4.78 is 27.3. The smallest absolute Gasteiger partial charge is 0.244 e. The molecule has 0 fully saturated rings. The molecule has 0 saturated heterocycles. The molecular weight excluding hydrogens is 288 g/mol. The highest BCUT2D eigenvalue weighted by atomic mass is 32.2. The number of pyridine rings is 1. The molecule has 6 nitrogen and oxygen atoms in total. The number of hydrogen-bond donors (Lipinski definition) is 3. The van der Waals surface area contributed by atoms with E-state index in [4.69, 9.17) is 5.84 Å². The number of nitrogens with one attached hydrogen (secondary N) is 2. The van der Waals surface area contributed by atoms with Crippen molar-refractivity contribution in [1.29, 1.82) is 0 Å². The molecule has 0 radical (unpaired) electrons. The maximum absolute atomic E-state index is 12.3. The third-order valence-corrected chi connectivity index (χ3v) is 4.83. The normalized spacial score (nSPS) is 12.4. The Bertz CT molecular complexity index is 544. The summed E-state index contributed by atoms with van der Waals surface area (Å²) in [5.74, 6) is 5.45. The van der Waals surface area contributed by atoms with E-state index in [1.54, 1.807) is 6.07 Å². The topological polar surface area (TPSA) is 97.1 Å². The minimum absolute atomic E-state index is 0.0665. The van der Waals surface area contributed by atoms with Crippen molar-refractivity contribution < 1.29 is 8.42 Å². The molecule has 0 atom stereocenters. The Morgan fingerprint density at radius 2 is 2.05 bits per heavy atom. The van der Waals surface area contributed by atoms with E-state index < -0.39 is 10.0 Å². The maximum atomic E-state index is 12.3. The van der Waals surface area contributed by atoms with Gasteiger partial charge >= 0.3 is 0 Å². The lowest BCUT2D eigenvalue weighted by Gasteiger charge is -2.25. The summed E-state index contributed by atoms with van der Waals surface area (Å²) in [4.78, 5) is 3.98. The van der Waals surface area contributed by atoms with Gasteiger partial charge in [-0.25, -0.2) is 24.0 Å². The molecule has 1 heterocycles. The summed E-state index contributed by atoms with van der Waals surface area (Å²) in [5, 5.41) is 0. The lowest BCUT2D eigenvalue weighted by atomic mass is 9.87. The van der Waals surface area contributed by atoms with E-state index >= 15 is 0 Å². The largest absolute Gasteiger partial charge is 0.307 e. The number of sulfonamides is 1. The fourth-order valence-electron chi connectivity index (χ4n) is 2.03. The van der Waals surface area contributed by atoms with Crippen LogP contribution in [0, 0.1) is 5.41 Å². The number of nitrogens with zero attached hydrogens (tertiary/aromatic N) is 1. The van der Waals surface area contributed by atoms with Crippen molar-refractivity contribution in [2.45, 2.75) is 51.3 Å². The molecule has 0 bridgehead atoms. The summed E-state index contributed by atoms with van der Waals surface area (Å²) in [7, 11) is -3.62. The van der Waals surface area contributed by atoms with Crippen molar-refractivity contribution in [3.8, 4) is 0 Å². The van der Waals surface area contributed by atoms with Crippen LogP contribution in [0.3, 0.4) is 0 Å². The second-order valence-corrected chi connectivity index (χ2v) is 7.68. The van der Waals surface area contributed by atoms with Crippen molar-refractivity contribution in [2.24, 2.45) is 11.3 Å². The summed E-state index contributed by atoms with van der Waals surface area (Å²) in [6.45, 7) is 6.67. The Morgan fingerprint density at radius 1 is 1.33 bits per heavy atom. The molecule has 1 aromatic heterocycles. The molecule has 21 heavy (non-hydrogen) atoms. The van der Waals surface area contributed by atoms with E-state index in [1.165, 1.54) is 18.7 Å². The first-order chi connectivity index (χ1) is 9.82. The lowest BCUT2D eigenvalue weighted by molar-refractivity contribution is 0.320. The van der Waals surface area contributed by atoms with E-state index in [-0.39, 0.29) is 16.1 Å². The summed E-state index contributed by atoms with van der Waals surface area (Å²) in [6.07, 6.45) is 5.90. The Kier molecular flexibility index (Phi) is 6.57. The van der Waals surface area contributed by atoms with Crippen LogP contribution >= 0.6 is 0 Å². The van der Waals surface area contributed by atoms with E-state index in [9.17, 15) is 8.42 Å². The molecule has 0 saturated carbocycles. The van der Waals surface area contributed by atoms with Gasteiger partial charge in [0.15, 0.2) is 5.82 Å². The Morgan fingerprint density at radius 3 is 2.67 bits per heavy atom. The second kappa shape index (κ2) is 7.72. The first-order valence-electron chi connectivity index (χ1n) is 7.24. The molecule has 120 valence electrons. The van der Waals surface area contributed by atoms with E-state index in [0.717, 1.165) is 19.3 Å². The number of aromatic nitrogens is 1. The van der Waals surface area contributed by atoms with Crippen molar-refractivity contribution >= 4 is 15.8 Å². The van der Waals surface area contributed by atoms with Crippen molar-refractivity contribution in [3.63, 3.8) is 0 Å². The van der Waals surface area contributed by atoms with Gasteiger partial charge in [0.25, 0.3) is 0 Å². The molecule has 0 aliphatic carbocycles. The Labute approximate surface area is 127 Å². The van der Waals surface area contributed by atoms with Gasteiger partial charge in [0, 0.05) is 12.7 Å². The highest BCUT2D eigenvalue weighted by Gasteiger charge is 2.24. The van der Waals surface area contributed by atoms with Gasteiger partial charge in [-0.05, 0) is 24.0 Å². The van der Waals surface area contributed by atoms with Crippen LogP contribution in [0.5, 0.6) is 0 Å². The fourth-order valence-corrected chi connectivity index (χ4v) is 3.39. The van der Waals surface area contributed by atoms with E-state index in [0.29, 0.717) is 6.54 Å². The predicted molar refractivity (Wildman–Crippen MR) is 85.2 cm³/mol. The molecule has 1 aromatic rings. The average molecular weight is 314 g/mol. The zero-order valence-electron chi connectivity index (χ0n) is 13.0. The number of hydrogen-bond acceptors (Lipinski definition) is 5. The standard InChI is InChI=1S/C14H26N4O2S/c1-4-5-6-9-14(2,3)11-17-21(19,20)12-8-7-10-16-13(12)18-15/h7-8,10,17H,4-6,9,11,15H2,1-3H3,(H,16,18). The molecule has 0 aliphatic rings. The van der Waals surface area contributed by atoms with Gasteiger partial charge in [0.1, 0.15) is 4.90 Å². The number of nitrogen functional groups attached to an aromatic ring is 1. The van der Waals surface area contributed by atoms with Gasteiger partial charge < -0.3 is 5.43 Å². The van der Waals surface area contributed by atoms with Gasteiger partial charge in [-0.3, -0.25) is 0 Å². The molecule has 0 unspecified atom stereocenters. The van der Waals surface area contributed by atoms with E-state index in [1.807, 2.05) is 0 Å². The highest BCUT2D eigenvalue weighted by Crippen LogP contribution is 2.24. The first kappa shape index (κ1) is 17.9. The van der Waals surface area contributed by atoms with Gasteiger partial charge in [0.05, 0.1) is 0 Å². The number of rotatable bonds is 9. The average Bonchev–Trinajstić information content (AvgIpc) is 2.45. The van der Waals surface area contributed by atoms with Crippen molar-refractivity contribution in [3.05, 3.63) is 18.3 Å². The number of nitrogens with two attached hydrogens (primary N) is 1. The lowest BCUT2D eigenvalue weighted by Crippen LogP contribution is -2.34. The zero-order valence-corrected chi connectivity index (χ0v) is 13.8. The third-order valence-electron chi connectivity index (χ3n) is 3.39. The monoisotopic (exact) mass is 314 g/mol. The summed E-state index contributed by atoms with van der Waals surface area (Å²) in [6, 6.07) is 3.05. The maximum Gasteiger partial charge on any atom is 0.244 e. The minimum Gasteiger partial charge on any atom is -0.307 e. The quantitative estimate of drug-likeness (QED) is 0.369. The van der Waals surface area contributed by atoms with Crippen molar-refractivity contribution in [2.75, 3.05) is 12.0 Å². The molecule has 7 heteroatoms. The second-order valence-electron chi connectivity index (χ2n) is 5.94. The van der Waals surface area contributed by atoms with Crippen LogP contribution in [0.1, 0.15) is 46.5 Å². The number of hydrazine groups is 1. The predicted octanol–water partition coefficient (Wildman–Crippen LogP) is 2.25. The first-order valence-corrected chi connectivity index (χ1v) is 8.72. The molecule has 0 spiro atoms. The van der Waals surface area contributed by atoms with Gasteiger partial charge in [-0.2, -0.15) is 0 Å². The van der Waals surface area contributed by atoms with Crippen LogP contribution < -0.4 is 16.0 Å². The summed E-state index contributed by atoms with van der Waals surface area (Å²) >= 11 is 0. The van der Waals surface area contributed by atoms with E-state index in [2.05, 4.69) is 35.9 Å². The fraction of sp³-hybridized carbons (Fsp3) is 0.643. The summed E-state index contributed by atoms with van der Waals surface area (Å²) in [5.41, 5.74) is 2.23. The third kappa shape index (κ3) is 5.61. The number of unbranched alkanes of at least 4 members (excludes halogenated alkanes) is 2. The molecule has 0 aromatic carbocycles. The molecule has 0 amide bonds. The van der Waals surface area contributed by atoms with Gasteiger partial charge in [0.2, 0.25) is 10.0 Å². The van der Waals surface area contributed by atoms with Gasteiger partial charge in [-0.1, -0.05) is 40.0 Å². The Balaban J connectivity index is 2.72. The van der Waals surface area contributed by atoms with Crippen LogP contribution in [0.4, 0.5) is 5.82 Å². The molecule has 1 rings (SSSR count). The van der Waals surface area contributed by atoms with Crippen LogP contribution in [-0.2, 0) is 10.0 Å². The molecule has 0 aliphatic heterocycles. The SMILES string of the molecule is CCCCCC(C)(C)CNS(=O)(=O)c1cccnc1NN. The van der Waals surface area contributed by atoms with Gasteiger partial charge in [-0.15, -0.1) is 0 Å². The van der Waals surface area contributed by atoms with Crippen LogP contribution in [-0.4, -0.2) is 19.9 Å². The van der Waals surface area contributed by atoms with Crippen molar-refractivity contribution in [1.82, 2.24) is 9.71 Å². The van der Waals surface area contributed by atoms with Crippen LogP contribution in [0.25, 0.3) is 0 Å². The minimum atomic E-state index is -3.62. The van der Waals surface area contributed by atoms with Crippen LogP contribution in [0.2, 0.25) is 0 Å². The molecule has 4 N–H and O–H groups in total. The van der Waals surface area contributed by atoms with Crippen LogP contribution in [0.15, 0.2) is 23.2 Å².